The Kier molecular flexibility index (Phi) is 5.25. The molecule has 0 spiro atoms. The largest absolute Gasteiger partial charge is 0.496 e. The fourth-order valence-electron chi connectivity index (χ4n) is 2.12. The molecule has 0 bridgehead atoms. The summed E-state index contributed by atoms with van der Waals surface area (Å²) in [6, 6.07) is 10.3. The van der Waals surface area contributed by atoms with Crippen molar-refractivity contribution in [3.63, 3.8) is 0 Å². The van der Waals surface area contributed by atoms with Crippen LogP contribution in [-0.4, -0.2) is 30.8 Å². The minimum atomic E-state index is -0.222. The van der Waals surface area contributed by atoms with Gasteiger partial charge in [-0.2, -0.15) is 0 Å². The number of Topliss-reactive ketones (excluding diaryl/α,β-unsaturated/α-hetero) is 2. The van der Waals surface area contributed by atoms with Gasteiger partial charge in [0.25, 0.3) is 0 Å². The maximum atomic E-state index is 12.2. The van der Waals surface area contributed by atoms with Crippen molar-refractivity contribution in [2.45, 2.75) is 12.8 Å². The molecular formula is C17H17NO4. The molecule has 0 fully saturated rings. The lowest BCUT2D eigenvalue weighted by Gasteiger charge is -2.08. The maximum absolute atomic E-state index is 12.2. The van der Waals surface area contributed by atoms with E-state index in [1.165, 1.54) is 20.4 Å². The molecule has 0 atom stereocenters. The molecule has 0 unspecified atom stereocenters. The molecule has 0 amide bonds. The number of para-hydroxylation sites is 1. The Morgan fingerprint density at radius 2 is 1.55 bits per heavy atom. The van der Waals surface area contributed by atoms with E-state index < -0.39 is 0 Å². The lowest BCUT2D eigenvalue weighted by Crippen LogP contribution is -2.09. The second kappa shape index (κ2) is 7.36. The third-order valence-electron chi connectivity index (χ3n) is 3.24. The molecule has 1 aromatic heterocycles. The van der Waals surface area contributed by atoms with E-state index in [1.54, 1.807) is 36.4 Å². The summed E-state index contributed by atoms with van der Waals surface area (Å²) in [4.78, 5) is 28.4. The molecule has 0 aliphatic rings. The topological polar surface area (TPSA) is 65.5 Å². The molecule has 22 heavy (non-hydrogen) atoms. The van der Waals surface area contributed by atoms with Gasteiger partial charge in [-0.25, -0.2) is 4.98 Å². The van der Waals surface area contributed by atoms with Crippen LogP contribution in [-0.2, 0) is 0 Å². The molecule has 0 aliphatic carbocycles. The van der Waals surface area contributed by atoms with Crippen LogP contribution < -0.4 is 9.47 Å². The van der Waals surface area contributed by atoms with E-state index in [0.717, 1.165) is 0 Å². The Bertz CT molecular complexity index is 622. The van der Waals surface area contributed by atoms with Crippen molar-refractivity contribution in [3.05, 3.63) is 53.9 Å². The summed E-state index contributed by atoms with van der Waals surface area (Å²) in [6.45, 7) is 0. The van der Waals surface area contributed by atoms with Gasteiger partial charge in [0.2, 0.25) is 0 Å². The number of methoxy groups -OCH3 is 2. The first kappa shape index (κ1) is 15.7. The van der Waals surface area contributed by atoms with Gasteiger partial charge in [-0.15, -0.1) is 0 Å². The number of nitrogens with zero attached hydrogens (tertiary/aromatic N) is 1. The van der Waals surface area contributed by atoms with Crippen molar-refractivity contribution in [1.29, 1.82) is 0 Å². The standard InChI is InChI=1S/C17H17NO4/c1-21-15-7-4-3-6-12(15)13(19)9-10-14(20)17-16(22-2)8-5-11-18-17/h3-8,11H,9-10H2,1-2H3. The van der Waals surface area contributed by atoms with E-state index in [0.29, 0.717) is 17.1 Å². The van der Waals surface area contributed by atoms with Gasteiger partial charge in [-0.3, -0.25) is 9.59 Å². The summed E-state index contributed by atoms with van der Waals surface area (Å²) in [5.74, 6) is 0.564. The molecule has 114 valence electrons. The molecule has 0 saturated carbocycles. The summed E-state index contributed by atoms with van der Waals surface area (Å²) in [7, 11) is 2.99. The number of aromatic nitrogens is 1. The second-order valence-electron chi connectivity index (χ2n) is 4.60. The lowest BCUT2D eigenvalue weighted by molar-refractivity contribution is 0.0911. The number of benzene rings is 1. The highest BCUT2D eigenvalue weighted by atomic mass is 16.5. The predicted molar refractivity (Wildman–Crippen MR) is 81.7 cm³/mol. The normalized spacial score (nSPS) is 10.1. The number of ether oxygens (including phenoxy) is 2. The van der Waals surface area contributed by atoms with Crippen molar-refractivity contribution >= 4 is 11.6 Å². The van der Waals surface area contributed by atoms with Crippen LogP contribution >= 0.6 is 0 Å². The van der Waals surface area contributed by atoms with Crippen LogP contribution in [0.3, 0.4) is 0 Å². The van der Waals surface area contributed by atoms with Gasteiger partial charge in [0.05, 0.1) is 19.8 Å². The van der Waals surface area contributed by atoms with Gasteiger partial charge in [0.15, 0.2) is 11.6 Å². The van der Waals surface area contributed by atoms with Crippen molar-refractivity contribution in [1.82, 2.24) is 4.98 Å². The van der Waals surface area contributed by atoms with E-state index in [9.17, 15) is 9.59 Å². The van der Waals surface area contributed by atoms with Gasteiger partial charge < -0.3 is 9.47 Å². The highest BCUT2D eigenvalue weighted by Gasteiger charge is 2.17. The Balaban J connectivity index is 2.06. The zero-order valence-corrected chi connectivity index (χ0v) is 12.5. The summed E-state index contributed by atoms with van der Waals surface area (Å²) in [5.41, 5.74) is 0.726. The summed E-state index contributed by atoms with van der Waals surface area (Å²) in [5, 5.41) is 0. The molecule has 2 rings (SSSR count). The molecule has 5 nitrogen and oxygen atoms in total. The lowest BCUT2D eigenvalue weighted by atomic mass is 10.0. The summed E-state index contributed by atoms with van der Waals surface area (Å²) in [6.07, 6.45) is 1.70. The summed E-state index contributed by atoms with van der Waals surface area (Å²) < 4.78 is 10.3. The SMILES string of the molecule is COc1ccccc1C(=O)CCC(=O)c1ncccc1OC. The highest BCUT2D eigenvalue weighted by Crippen LogP contribution is 2.21. The van der Waals surface area contributed by atoms with Gasteiger partial charge in [0.1, 0.15) is 17.2 Å². The number of hydrogen-bond acceptors (Lipinski definition) is 5. The number of rotatable bonds is 7. The zero-order chi connectivity index (χ0) is 15.9. The average molecular weight is 299 g/mol. The fraction of sp³-hybridized carbons (Fsp3) is 0.235. The summed E-state index contributed by atoms with van der Waals surface area (Å²) >= 11 is 0. The van der Waals surface area contributed by atoms with E-state index in [-0.39, 0.29) is 30.1 Å². The molecular weight excluding hydrogens is 282 g/mol. The highest BCUT2D eigenvalue weighted by molar-refractivity contribution is 6.03. The van der Waals surface area contributed by atoms with Crippen LogP contribution in [0.4, 0.5) is 0 Å². The number of carbonyl (C=O) groups excluding carboxylic acids is 2. The molecule has 0 saturated heterocycles. The maximum Gasteiger partial charge on any atom is 0.185 e. The number of pyridine rings is 1. The smallest absolute Gasteiger partial charge is 0.185 e. The van der Waals surface area contributed by atoms with Gasteiger partial charge in [-0.1, -0.05) is 12.1 Å². The van der Waals surface area contributed by atoms with Crippen molar-refractivity contribution < 1.29 is 19.1 Å². The minimum absolute atomic E-state index is 0.0737. The van der Waals surface area contributed by atoms with E-state index in [4.69, 9.17) is 9.47 Å². The molecule has 0 radical (unpaired) electrons. The van der Waals surface area contributed by atoms with E-state index in [1.807, 2.05) is 0 Å². The van der Waals surface area contributed by atoms with Gasteiger partial charge in [-0.05, 0) is 24.3 Å². The fourth-order valence-corrected chi connectivity index (χ4v) is 2.12. The van der Waals surface area contributed by atoms with Crippen LogP contribution in [0.1, 0.15) is 33.7 Å². The van der Waals surface area contributed by atoms with Crippen LogP contribution in [0.5, 0.6) is 11.5 Å². The van der Waals surface area contributed by atoms with Crippen LogP contribution in [0.2, 0.25) is 0 Å². The second-order valence-corrected chi connectivity index (χ2v) is 4.60. The molecule has 0 aliphatic heterocycles. The van der Waals surface area contributed by atoms with Crippen molar-refractivity contribution in [2.24, 2.45) is 0 Å². The Morgan fingerprint density at radius 3 is 2.27 bits per heavy atom. The number of ketones is 2. The third-order valence-corrected chi connectivity index (χ3v) is 3.24. The van der Waals surface area contributed by atoms with Crippen molar-refractivity contribution in [2.75, 3.05) is 14.2 Å². The monoisotopic (exact) mass is 299 g/mol. The van der Waals surface area contributed by atoms with Gasteiger partial charge >= 0.3 is 0 Å². The third kappa shape index (κ3) is 3.49. The number of carbonyl (C=O) groups is 2. The predicted octanol–water partition coefficient (Wildman–Crippen LogP) is 2.94. The first-order valence-corrected chi connectivity index (χ1v) is 6.85. The zero-order valence-electron chi connectivity index (χ0n) is 12.5. The van der Waals surface area contributed by atoms with Crippen LogP contribution in [0, 0.1) is 0 Å². The molecule has 5 heteroatoms. The molecule has 0 N–H and O–H groups in total. The molecule has 2 aromatic rings. The minimum Gasteiger partial charge on any atom is -0.496 e. The van der Waals surface area contributed by atoms with E-state index in [2.05, 4.69) is 4.98 Å². The molecule has 1 aromatic carbocycles. The Labute approximate surface area is 128 Å². The Hall–Kier alpha value is -2.69. The first-order valence-electron chi connectivity index (χ1n) is 6.85. The van der Waals surface area contributed by atoms with Crippen LogP contribution in [0.25, 0.3) is 0 Å². The quantitative estimate of drug-likeness (QED) is 0.735. The number of hydrogen-bond donors (Lipinski definition) is 0. The Morgan fingerprint density at radius 1 is 0.909 bits per heavy atom. The first-order chi connectivity index (χ1) is 10.7. The van der Waals surface area contributed by atoms with Gasteiger partial charge in [0, 0.05) is 19.0 Å². The van der Waals surface area contributed by atoms with Crippen molar-refractivity contribution in [3.8, 4) is 11.5 Å². The van der Waals surface area contributed by atoms with Crippen LogP contribution in [0.15, 0.2) is 42.6 Å². The molecule has 1 heterocycles. The van der Waals surface area contributed by atoms with E-state index >= 15 is 0 Å². The average Bonchev–Trinajstić information content (AvgIpc) is 2.59.